The third kappa shape index (κ3) is 4.25. The molecule has 0 bridgehead atoms. The Morgan fingerprint density at radius 2 is 1.19 bits per heavy atom. The first kappa shape index (κ1) is 30.2. The van der Waals surface area contributed by atoms with Crippen molar-refractivity contribution < 1.29 is 32.3 Å². The molecule has 1 spiro atoms. The molecule has 8 atom stereocenters. The van der Waals surface area contributed by atoms with Gasteiger partial charge in [-0.1, -0.05) is 26.2 Å². The summed E-state index contributed by atoms with van der Waals surface area (Å²) < 4.78 is 44.8. The summed E-state index contributed by atoms with van der Waals surface area (Å²) in [5.74, 6) is -4.55. The van der Waals surface area contributed by atoms with Gasteiger partial charge in [0.15, 0.2) is 34.6 Å². The zero-order valence-electron chi connectivity index (χ0n) is 25.5. The first-order chi connectivity index (χ1) is 22.6. The Kier molecular flexibility index (Phi) is 6.81. The number of halogens is 3. The van der Waals surface area contributed by atoms with Crippen LogP contribution in [0.2, 0.25) is 0 Å². The predicted molar refractivity (Wildman–Crippen MR) is 177 cm³/mol. The maximum absolute atomic E-state index is 14.4. The van der Waals surface area contributed by atoms with Gasteiger partial charge in [0.05, 0.1) is 14.5 Å². The Hall–Kier alpha value is -2.83. The number of nitrogens with zero attached hydrogens (tertiary/aromatic N) is 2. The van der Waals surface area contributed by atoms with Crippen LogP contribution in [0.5, 0.6) is 0 Å². The number of fused-ring (bicyclic) bond motifs is 9. The van der Waals surface area contributed by atoms with Crippen LogP contribution in [-0.2, 0) is 24.6 Å². The van der Waals surface area contributed by atoms with Gasteiger partial charge in [-0.25, -0.2) is 23.2 Å². The van der Waals surface area contributed by atoms with Crippen LogP contribution < -0.4 is 0 Å². The van der Waals surface area contributed by atoms with E-state index < -0.39 is 53.8 Å². The second-order valence-electron chi connectivity index (χ2n) is 14.3. The maximum Gasteiger partial charge on any atom is 0.188 e. The number of carbonyl (C=O) groups excluding carboxylic acids is 4. The number of alkyl halides is 3. The van der Waals surface area contributed by atoms with Gasteiger partial charge in [-0.2, -0.15) is 0 Å². The fraction of sp³-hybridized carbons (Fsp3) is 0.543. The molecule has 0 aromatic carbocycles. The van der Waals surface area contributed by atoms with E-state index in [1.54, 1.807) is 18.3 Å². The highest BCUT2D eigenvalue weighted by Crippen LogP contribution is 2.65. The second-order valence-corrected chi connectivity index (χ2v) is 17.4. The minimum absolute atomic E-state index is 0.0398. The molecular weight excluding hydrogens is 666 g/mol. The lowest BCUT2D eigenvalue weighted by Crippen LogP contribution is -2.35. The average molecular weight is 697 g/mol. The van der Waals surface area contributed by atoms with Gasteiger partial charge in [-0.3, -0.25) is 19.2 Å². The molecule has 6 aliphatic carbocycles. The highest BCUT2D eigenvalue weighted by atomic mass is 32.1. The predicted octanol–water partition coefficient (Wildman–Crippen LogP) is 8.41. The molecule has 3 aromatic rings. The lowest BCUT2D eigenvalue weighted by atomic mass is 9.68. The molecule has 5 saturated carbocycles. The molecule has 6 nitrogen and oxygen atoms in total. The van der Waals surface area contributed by atoms with Crippen LogP contribution in [0.1, 0.15) is 75.8 Å². The Bertz CT molecular complexity index is 1920. The van der Waals surface area contributed by atoms with E-state index >= 15 is 0 Å². The van der Waals surface area contributed by atoms with Crippen molar-refractivity contribution in [2.24, 2.45) is 39.6 Å². The Labute approximate surface area is 280 Å². The van der Waals surface area contributed by atoms with Crippen LogP contribution in [0, 0.1) is 29.6 Å². The van der Waals surface area contributed by atoms with Crippen molar-refractivity contribution in [3.8, 4) is 9.75 Å². The third-order valence-corrected chi connectivity index (χ3v) is 15.3. The van der Waals surface area contributed by atoms with Crippen molar-refractivity contribution in [1.82, 2.24) is 0 Å². The summed E-state index contributed by atoms with van der Waals surface area (Å²) in [6.07, 6.45) is 0.450. The summed E-state index contributed by atoms with van der Waals surface area (Å²) in [4.78, 5) is 64.2. The Morgan fingerprint density at radius 3 is 1.79 bits per heavy atom. The molecule has 0 aliphatic heterocycles. The number of hydrogen-bond acceptors (Lipinski definition) is 9. The summed E-state index contributed by atoms with van der Waals surface area (Å²) in [7, 11) is 0. The molecule has 0 amide bonds. The lowest BCUT2D eigenvalue weighted by Gasteiger charge is -2.34. The van der Waals surface area contributed by atoms with Gasteiger partial charge < -0.3 is 0 Å². The molecule has 0 saturated heterocycles. The molecule has 244 valence electrons. The third-order valence-electron chi connectivity index (χ3n) is 11.7. The first-order valence-corrected chi connectivity index (χ1v) is 19.0. The molecule has 3 heterocycles. The van der Waals surface area contributed by atoms with Gasteiger partial charge >= 0.3 is 0 Å². The molecule has 6 aliphatic rings. The largest absolute Gasteiger partial charge is 0.292 e. The van der Waals surface area contributed by atoms with Crippen molar-refractivity contribution in [1.29, 1.82) is 0 Å². The smallest absolute Gasteiger partial charge is 0.188 e. The molecule has 0 radical (unpaired) electrons. The highest BCUT2D eigenvalue weighted by molar-refractivity contribution is 7.33. The van der Waals surface area contributed by atoms with Crippen LogP contribution in [0.4, 0.5) is 23.2 Å². The summed E-state index contributed by atoms with van der Waals surface area (Å²) in [6.45, 7) is 1.79. The van der Waals surface area contributed by atoms with E-state index in [9.17, 15) is 32.3 Å². The van der Waals surface area contributed by atoms with Crippen molar-refractivity contribution in [2.75, 3.05) is 0 Å². The quantitative estimate of drug-likeness (QED) is 0.269. The summed E-state index contributed by atoms with van der Waals surface area (Å²) in [5, 5.41) is 1.16. The minimum Gasteiger partial charge on any atom is -0.292 e. The molecule has 8 unspecified atom stereocenters. The zero-order valence-corrected chi connectivity index (χ0v) is 28.0. The van der Waals surface area contributed by atoms with Gasteiger partial charge in [0.25, 0.3) is 0 Å². The van der Waals surface area contributed by atoms with Crippen LogP contribution in [0.3, 0.4) is 0 Å². The average Bonchev–Trinajstić information content (AvgIpc) is 3.85. The van der Waals surface area contributed by atoms with Crippen LogP contribution >= 0.6 is 34.0 Å². The fourth-order valence-corrected chi connectivity index (χ4v) is 13.3. The summed E-state index contributed by atoms with van der Waals surface area (Å²) in [5.41, 5.74) is 1.92. The van der Waals surface area contributed by atoms with Gasteiger partial charge in [0.2, 0.25) is 0 Å². The number of rotatable bonds is 2. The topological polar surface area (TPSA) is 93.0 Å². The van der Waals surface area contributed by atoms with E-state index in [4.69, 9.17) is 0 Å². The van der Waals surface area contributed by atoms with Gasteiger partial charge in [-0.15, -0.1) is 34.0 Å². The highest BCUT2D eigenvalue weighted by Gasteiger charge is 2.54. The van der Waals surface area contributed by atoms with E-state index in [2.05, 4.69) is 9.98 Å². The summed E-state index contributed by atoms with van der Waals surface area (Å²) >= 11 is 4.57. The van der Waals surface area contributed by atoms with Gasteiger partial charge in [-0.05, 0) is 62.1 Å². The van der Waals surface area contributed by atoms with E-state index in [0.717, 1.165) is 56.8 Å². The van der Waals surface area contributed by atoms with Gasteiger partial charge in [0, 0.05) is 39.3 Å². The van der Waals surface area contributed by atoms with E-state index in [0.29, 0.717) is 16.4 Å². The molecule has 5 fully saturated rings. The van der Waals surface area contributed by atoms with E-state index in [1.165, 1.54) is 28.2 Å². The standard InChI is InChI=1S/C35H31F3N2O4S3/c1-13-7-14-15(8-19(13)36)29(42)26(28(14)41)40-24-12-22-33(47-24)25-34(45-22)32-18(35(25)5-3-2-4-6-35)11-23(46-32)39-27-30(43)16-9-20(37)21(38)10-17(16)31(27)44/h11-17,19-21H,2-10H2,1H3. The second kappa shape index (κ2) is 10.6. The minimum atomic E-state index is -1.74. The molecule has 12 heteroatoms. The number of ketones is 4. The fourth-order valence-electron chi connectivity index (χ4n) is 9.30. The van der Waals surface area contributed by atoms with Crippen molar-refractivity contribution in [2.45, 2.75) is 88.6 Å². The number of thiophene rings is 3. The summed E-state index contributed by atoms with van der Waals surface area (Å²) in [6, 6.07) is 3.94. The van der Waals surface area contributed by atoms with E-state index in [1.807, 2.05) is 12.1 Å². The zero-order chi connectivity index (χ0) is 32.5. The number of aliphatic imine (C=N–C) groups is 2. The molecule has 3 aromatic heterocycles. The number of Topliss-reactive ketones (excluding diaryl/α,β-unsaturated/α-hetero) is 4. The molecule has 47 heavy (non-hydrogen) atoms. The maximum atomic E-state index is 14.4. The monoisotopic (exact) mass is 696 g/mol. The van der Waals surface area contributed by atoms with Crippen molar-refractivity contribution in [3.05, 3.63) is 23.3 Å². The van der Waals surface area contributed by atoms with Crippen LogP contribution in [0.15, 0.2) is 22.1 Å². The Balaban J connectivity index is 1.08. The first-order valence-electron chi connectivity index (χ1n) is 16.5. The molecule has 9 rings (SSSR count). The molecule has 0 N–H and O–H groups in total. The number of carbonyl (C=O) groups is 4. The Morgan fingerprint density at radius 1 is 0.660 bits per heavy atom. The van der Waals surface area contributed by atoms with E-state index in [-0.39, 0.29) is 53.6 Å². The molecular formula is C35H31F3N2O4S3. The number of hydrogen-bond donors (Lipinski definition) is 0. The van der Waals surface area contributed by atoms with Crippen LogP contribution in [0.25, 0.3) is 19.2 Å². The normalized spacial score (nSPS) is 35.2. The lowest BCUT2D eigenvalue weighted by molar-refractivity contribution is -0.123. The van der Waals surface area contributed by atoms with Crippen LogP contribution in [-0.4, -0.2) is 53.1 Å². The van der Waals surface area contributed by atoms with Crippen molar-refractivity contribution >= 4 is 88.0 Å². The SMILES string of the molecule is CC1CC2C(=O)C(=Nc3cc4sc5c(c4s3)C3(CCCCC3)c3cc(N=C4C(=O)C6CC(F)C(F)CC6C4=O)sc3-5)C(=O)C2CC1F. The van der Waals surface area contributed by atoms with Gasteiger partial charge in [0.1, 0.15) is 28.5 Å². The van der Waals surface area contributed by atoms with Crippen molar-refractivity contribution in [3.63, 3.8) is 0 Å².